The lowest BCUT2D eigenvalue weighted by Crippen LogP contribution is -2.32. The van der Waals surface area contributed by atoms with E-state index in [2.05, 4.69) is 22.5 Å². The van der Waals surface area contributed by atoms with E-state index in [0.717, 1.165) is 6.42 Å². The summed E-state index contributed by atoms with van der Waals surface area (Å²) in [6.45, 7) is 6.28. The highest BCUT2D eigenvalue weighted by molar-refractivity contribution is 9.10. The summed E-state index contributed by atoms with van der Waals surface area (Å²) in [5, 5.41) is 0. The lowest BCUT2D eigenvalue weighted by molar-refractivity contribution is 0.441. The van der Waals surface area contributed by atoms with Crippen molar-refractivity contribution < 1.29 is 8.42 Å². The minimum absolute atomic E-state index is 0.229. The smallest absolute Gasteiger partial charge is 0.244 e. The molecular formula is C12H17BrN2O2S. The molecule has 18 heavy (non-hydrogen) atoms. The fourth-order valence-electron chi connectivity index (χ4n) is 1.57. The molecule has 6 heteroatoms. The highest BCUT2D eigenvalue weighted by Gasteiger charge is 2.24. The molecule has 0 atom stereocenters. The van der Waals surface area contributed by atoms with Crippen LogP contribution in [-0.4, -0.2) is 25.8 Å². The zero-order chi connectivity index (χ0) is 13.8. The molecule has 0 fully saturated rings. The van der Waals surface area contributed by atoms with E-state index in [0.29, 0.717) is 23.2 Å². The molecule has 0 saturated heterocycles. The van der Waals surface area contributed by atoms with E-state index in [1.54, 1.807) is 18.2 Å². The van der Waals surface area contributed by atoms with Crippen molar-refractivity contribution in [2.45, 2.75) is 18.2 Å². The van der Waals surface area contributed by atoms with Gasteiger partial charge in [-0.05, 0) is 40.5 Å². The Kier molecular flexibility index (Phi) is 5.37. The largest absolute Gasteiger partial charge is 0.399 e. The molecule has 1 aromatic carbocycles. The van der Waals surface area contributed by atoms with Crippen molar-refractivity contribution >= 4 is 31.6 Å². The zero-order valence-corrected chi connectivity index (χ0v) is 12.7. The maximum atomic E-state index is 12.5. The minimum atomic E-state index is -3.51. The summed E-state index contributed by atoms with van der Waals surface area (Å²) in [6, 6.07) is 4.68. The van der Waals surface area contributed by atoms with Gasteiger partial charge in [-0.3, -0.25) is 0 Å². The first-order valence-electron chi connectivity index (χ1n) is 5.59. The van der Waals surface area contributed by atoms with Gasteiger partial charge in [0.05, 0.1) is 4.90 Å². The number of anilines is 1. The van der Waals surface area contributed by atoms with Crippen molar-refractivity contribution in [2.75, 3.05) is 18.8 Å². The highest BCUT2D eigenvalue weighted by Crippen LogP contribution is 2.27. The molecule has 1 aromatic rings. The summed E-state index contributed by atoms with van der Waals surface area (Å²) in [7, 11) is -3.51. The number of hydrogen-bond acceptors (Lipinski definition) is 3. The first kappa shape index (κ1) is 15.2. The maximum absolute atomic E-state index is 12.5. The van der Waals surface area contributed by atoms with Crippen LogP contribution >= 0.6 is 15.9 Å². The standard InChI is InChI=1S/C12H17BrN2O2S/c1-3-7-15(8-4-2)18(16,17)12-6-5-10(14)9-11(12)13/h3,5-6,9H,1,4,7-8,14H2,2H3. The van der Waals surface area contributed by atoms with Gasteiger partial charge in [0, 0.05) is 23.2 Å². The van der Waals surface area contributed by atoms with Gasteiger partial charge in [-0.2, -0.15) is 4.31 Å². The monoisotopic (exact) mass is 332 g/mol. The molecular weight excluding hydrogens is 316 g/mol. The van der Waals surface area contributed by atoms with Crippen LogP contribution in [0.25, 0.3) is 0 Å². The van der Waals surface area contributed by atoms with E-state index in [4.69, 9.17) is 5.73 Å². The number of sulfonamides is 1. The third-order valence-electron chi connectivity index (χ3n) is 2.38. The number of rotatable bonds is 6. The number of benzene rings is 1. The van der Waals surface area contributed by atoms with Crippen molar-refractivity contribution in [1.82, 2.24) is 4.31 Å². The molecule has 0 aromatic heterocycles. The zero-order valence-electron chi connectivity index (χ0n) is 10.3. The first-order valence-corrected chi connectivity index (χ1v) is 7.82. The highest BCUT2D eigenvalue weighted by atomic mass is 79.9. The Morgan fingerprint density at radius 3 is 2.67 bits per heavy atom. The van der Waals surface area contributed by atoms with Gasteiger partial charge >= 0.3 is 0 Å². The lowest BCUT2D eigenvalue weighted by atomic mass is 10.3. The van der Waals surface area contributed by atoms with Crippen LogP contribution in [0.3, 0.4) is 0 Å². The molecule has 2 N–H and O–H groups in total. The van der Waals surface area contributed by atoms with Crippen LogP contribution < -0.4 is 5.73 Å². The van der Waals surface area contributed by atoms with E-state index in [1.807, 2.05) is 6.92 Å². The predicted octanol–water partition coefficient (Wildman–Crippen LogP) is 2.62. The van der Waals surface area contributed by atoms with E-state index in [9.17, 15) is 8.42 Å². The average Bonchev–Trinajstić information content (AvgIpc) is 2.28. The van der Waals surface area contributed by atoms with Gasteiger partial charge in [0.25, 0.3) is 0 Å². The van der Waals surface area contributed by atoms with Crippen LogP contribution in [0, 0.1) is 0 Å². The van der Waals surface area contributed by atoms with Gasteiger partial charge in [0.1, 0.15) is 0 Å². The third-order valence-corrected chi connectivity index (χ3v) is 5.22. The van der Waals surface area contributed by atoms with Crippen molar-refractivity contribution in [2.24, 2.45) is 0 Å². The SMILES string of the molecule is C=CCN(CCC)S(=O)(=O)c1ccc(N)cc1Br. The van der Waals surface area contributed by atoms with Gasteiger partial charge in [-0.25, -0.2) is 8.42 Å². The molecule has 0 amide bonds. The first-order chi connectivity index (χ1) is 8.43. The Morgan fingerprint density at radius 1 is 1.50 bits per heavy atom. The van der Waals surface area contributed by atoms with Crippen molar-refractivity contribution in [3.63, 3.8) is 0 Å². The Morgan fingerprint density at radius 2 is 2.17 bits per heavy atom. The molecule has 0 saturated carbocycles. The van der Waals surface area contributed by atoms with Crippen LogP contribution in [0.4, 0.5) is 5.69 Å². The van der Waals surface area contributed by atoms with Crippen LogP contribution in [0.1, 0.15) is 13.3 Å². The van der Waals surface area contributed by atoms with Crippen LogP contribution in [-0.2, 0) is 10.0 Å². The Hall–Kier alpha value is -0.850. The van der Waals surface area contributed by atoms with Crippen molar-refractivity contribution in [1.29, 1.82) is 0 Å². The molecule has 4 nitrogen and oxygen atoms in total. The Bertz CT molecular complexity index is 529. The van der Waals surface area contributed by atoms with Crippen LogP contribution in [0.15, 0.2) is 40.2 Å². The van der Waals surface area contributed by atoms with E-state index >= 15 is 0 Å². The number of hydrogen-bond donors (Lipinski definition) is 1. The Balaban J connectivity index is 3.21. The van der Waals surface area contributed by atoms with Gasteiger partial charge in [0.15, 0.2) is 0 Å². The normalized spacial score (nSPS) is 11.7. The molecule has 100 valence electrons. The quantitative estimate of drug-likeness (QED) is 0.643. The van der Waals surface area contributed by atoms with E-state index in [1.165, 1.54) is 10.4 Å². The number of halogens is 1. The molecule has 1 rings (SSSR count). The van der Waals surface area contributed by atoms with Gasteiger partial charge in [-0.1, -0.05) is 13.0 Å². The second-order valence-electron chi connectivity index (χ2n) is 3.84. The van der Waals surface area contributed by atoms with Crippen molar-refractivity contribution in [3.8, 4) is 0 Å². The summed E-state index contributed by atoms with van der Waals surface area (Å²) >= 11 is 3.24. The fourth-order valence-corrected chi connectivity index (χ4v) is 4.13. The topological polar surface area (TPSA) is 63.4 Å². The second-order valence-corrected chi connectivity index (χ2v) is 6.60. The average molecular weight is 333 g/mol. The fraction of sp³-hybridized carbons (Fsp3) is 0.333. The molecule has 0 spiro atoms. The van der Waals surface area contributed by atoms with Gasteiger partial charge < -0.3 is 5.73 Å². The summed E-state index contributed by atoms with van der Waals surface area (Å²) < 4.78 is 26.8. The molecule has 0 bridgehead atoms. The maximum Gasteiger partial charge on any atom is 0.244 e. The van der Waals surface area contributed by atoms with E-state index < -0.39 is 10.0 Å². The van der Waals surface area contributed by atoms with Crippen molar-refractivity contribution in [3.05, 3.63) is 35.3 Å². The number of nitrogen functional groups attached to an aromatic ring is 1. The van der Waals surface area contributed by atoms with Gasteiger partial charge in [-0.15, -0.1) is 6.58 Å². The molecule has 0 radical (unpaired) electrons. The summed E-state index contributed by atoms with van der Waals surface area (Å²) in [6.07, 6.45) is 2.33. The number of nitrogens with zero attached hydrogens (tertiary/aromatic N) is 1. The molecule has 0 aliphatic rings. The van der Waals surface area contributed by atoms with Crippen LogP contribution in [0.5, 0.6) is 0 Å². The summed E-state index contributed by atoms with van der Waals surface area (Å²) in [4.78, 5) is 0.229. The molecule has 0 unspecified atom stereocenters. The molecule has 0 heterocycles. The minimum Gasteiger partial charge on any atom is -0.399 e. The molecule has 0 aliphatic carbocycles. The van der Waals surface area contributed by atoms with E-state index in [-0.39, 0.29) is 4.90 Å². The number of nitrogens with two attached hydrogens (primary N) is 1. The summed E-state index contributed by atoms with van der Waals surface area (Å²) in [5.41, 5.74) is 6.13. The molecule has 0 aliphatic heterocycles. The predicted molar refractivity (Wildman–Crippen MR) is 77.8 cm³/mol. The lowest BCUT2D eigenvalue weighted by Gasteiger charge is -2.20. The third kappa shape index (κ3) is 3.34. The van der Waals surface area contributed by atoms with Crippen LogP contribution in [0.2, 0.25) is 0 Å². The Labute approximate surface area is 117 Å². The second kappa shape index (κ2) is 6.36. The van der Waals surface area contributed by atoms with Gasteiger partial charge in [0.2, 0.25) is 10.0 Å². The summed E-state index contributed by atoms with van der Waals surface area (Å²) in [5.74, 6) is 0.